The van der Waals surface area contributed by atoms with E-state index in [9.17, 15) is 14.4 Å². The van der Waals surface area contributed by atoms with E-state index in [-0.39, 0.29) is 12.3 Å². The normalized spacial score (nSPS) is 13.4. The zero-order valence-corrected chi connectivity index (χ0v) is 17.3. The molecule has 2 aromatic carbocycles. The van der Waals surface area contributed by atoms with Gasteiger partial charge in [0.2, 0.25) is 17.7 Å². The van der Waals surface area contributed by atoms with Gasteiger partial charge in [-0.25, -0.2) is 5.48 Å². The number of hydroxylamine groups is 1. The van der Waals surface area contributed by atoms with Crippen molar-refractivity contribution in [2.24, 2.45) is 11.3 Å². The van der Waals surface area contributed by atoms with Crippen molar-refractivity contribution in [1.82, 2.24) is 16.1 Å². The summed E-state index contributed by atoms with van der Waals surface area (Å²) in [5.74, 6) is -2.11. The molecule has 0 spiro atoms. The van der Waals surface area contributed by atoms with Crippen molar-refractivity contribution in [3.8, 4) is 0 Å². The van der Waals surface area contributed by atoms with Crippen molar-refractivity contribution in [2.45, 2.75) is 39.7 Å². The van der Waals surface area contributed by atoms with E-state index < -0.39 is 29.2 Å². The lowest BCUT2D eigenvalue weighted by atomic mass is 9.85. The molecular weight excluding hydrogens is 370 g/mol. The number of hydrogen-bond acceptors (Lipinski definition) is 4. The van der Waals surface area contributed by atoms with Gasteiger partial charge in [0.1, 0.15) is 6.04 Å². The van der Waals surface area contributed by atoms with Crippen LogP contribution in [0.3, 0.4) is 0 Å². The number of rotatable bonds is 7. The summed E-state index contributed by atoms with van der Waals surface area (Å²) in [5, 5.41) is 16.4. The number of fused-ring (bicyclic) bond motifs is 1. The molecule has 0 saturated carbocycles. The van der Waals surface area contributed by atoms with Gasteiger partial charge >= 0.3 is 0 Å². The lowest BCUT2D eigenvalue weighted by molar-refractivity contribution is -0.137. The molecule has 3 amide bonds. The number of nitrogens with one attached hydrogen (secondary N) is 3. The summed E-state index contributed by atoms with van der Waals surface area (Å²) in [6.07, 6.45) is 0.106. The third-order valence-corrected chi connectivity index (χ3v) is 4.88. The van der Waals surface area contributed by atoms with E-state index in [0.717, 1.165) is 16.3 Å². The Labute approximate surface area is 170 Å². The second-order valence-corrected chi connectivity index (χ2v) is 8.24. The maximum absolute atomic E-state index is 13.0. The number of benzene rings is 2. The number of likely N-dealkylation sites (N-methyl/N-ethyl adjacent to an activating group) is 1. The highest BCUT2D eigenvalue weighted by Gasteiger charge is 2.34. The fraction of sp³-hybridized carbons (Fsp3) is 0.409. The van der Waals surface area contributed by atoms with Crippen molar-refractivity contribution in [3.63, 3.8) is 0 Å². The second-order valence-electron chi connectivity index (χ2n) is 8.24. The van der Waals surface area contributed by atoms with Crippen LogP contribution in [0.25, 0.3) is 10.8 Å². The molecule has 2 rings (SSSR count). The number of hydrogen-bond donors (Lipinski definition) is 4. The van der Waals surface area contributed by atoms with Gasteiger partial charge in [-0.3, -0.25) is 19.6 Å². The van der Waals surface area contributed by atoms with Gasteiger partial charge in [-0.1, -0.05) is 63.2 Å². The monoisotopic (exact) mass is 399 g/mol. The Hall–Kier alpha value is -2.93. The zero-order chi connectivity index (χ0) is 21.6. The molecule has 156 valence electrons. The van der Waals surface area contributed by atoms with E-state index in [0.29, 0.717) is 6.42 Å². The predicted octanol–water partition coefficient (Wildman–Crippen LogP) is 2.17. The largest absolute Gasteiger partial charge is 0.357 e. The molecule has 0 heterocycles. The van der Waals surface area contributed by atoms with Gasteiger partial charge in [0.15, 0.2) is 0 Å². The van der Waals surface area contributed by atoms with Crippen LogP contribution < -0.4 is 16.1 Å². The molecule has 0 aromatic heterocycles. The van der Waals surface area contributed by atoms with Crippen LogP contribution in [0.5, 0.6) is 0 Å². The molecule has 2 unspecified atom stereocenters. The summed E-state index contributed by atoms with van der Waals surface area (Å²) in [6.45, 7) is 5.56. The molecular formula is C22H29N3O4. The second kappa shape index (κ2) is 9.52. The molecule has 4 N–H and O–H groups in total. The zero-order valence-electron chi connectivity index (χ0n) is 17.3. The van der Waals surface area contributed by atoms with Gasteiger partial charge in [0.05, 0.1) is 5.92 Å². The fourth-order valence-corrected chi connectivity index (χ4v) is 3.26. The van der Waals surface area contributed by atoms with Gasteiger partial charge in [-0.2, -0.15) is 0 Å². The summed E-state index contributed by atoms with van der Waals surface area (Å²) >= 11 is 0. The maximum atomic E-state index is 13.0. The minimum Gasteiger partial charge on any atom is -0.357 e. The fourth-order valence-electron chi connectivity index (χ4n) is 3.26. The highest BCUT2D eigenvalue weighted by molar-refractivity contribution is 5.91. The van der Waals surface area contributed by atoms with Crippen LogP contribution in [0.15, 0.2) is 42.5 Å². The Morgan fingerprint density at radius 3 is 2.24 bits per heavy atom. The molecule has 2 atom stereocenters. The molecule has 0 fully saturated rings. The van der Waals surface area contributed by atoms with E-state index in [2.05, 4.69) is 10.6 Å². The highest BCUT2D eigenvalue weighted by Crippen LogP contribution is 2.22. The molecule has 29 heavy (non-hydrogen) atoms. The summed E-state index contributed by atoms with van der Waals surface area (Å²) in [4.78, 5) is 37.0. The van der Waals surface area contributed by atoms with Crippen LogP contribution in [0, 0.1) is 11.3 Å². The van der Waals surface area contributed by atoms with Crippen molar-refractivity contribution in [3.05, 3.63) is 48.0 Å². The molecule has 7 heteroatoms. The predicted molar refractivity (Wildman–Crippen MR) is 111 cm³/mol. The van der Waals surface area contributed by atoms with E-state index in [4.69, 9.17) is 5.21 Å². The Kier molecular flexibility index (Phi) is 7.34. The van der Waals surface area contributed by atoms with Crippen LogP contribution in [0.4, 0.5) is 0 Å². The summed E-state index contributed by atoms with van der Waals surface area (Å²) in [6, 6.07) is 13.0. The summed E-state index contributed by atoms with van der Waals surface area (Å²) in [7, 11) is 1.51. The van der Waals surface area contributed by atoms with E-state index in [1.54, 1.807) is 5.48 Å². The molecule has 2 aromatic rings. The van der Waals surface area contributed by atoms with Crippen LogP contribution in [-0.2, 0) is 20.8 Å². The molecule has 0 aliphatic rings. The van der Waals surface area contributed by atoms with Gasteiger partial charge in [-0.15, -0.1) is 0 Å². The van der Waals surface area contributed by atoms with E-state index >= 15 is 0 Å². The Bertz CT molecular complexity index is 889. The van der Waals surface area contributed by atoms with E-state index in [1.165, 1.54) is 7.05 Å². The minimum absolute atomic E-state index is 0.195. The molecule has 7 nitrogen and oxygen atoms in total. The Morgan fingerprint density at radius 1 is 1.00 bits per heavy atom. The molecule has 0 radical (unpaired) electrons. The van der Waals surface area contributed by atoms with Gasteiger partial charge in [0.25, 0.3) is 0 Å². The maximum Gasteiger partial charge on any atom is 0.244 e. The van der Waals surface area contributed by atoms with Crippen LogP contribution >= 0.6 is 0 Å². The first-order valence-electron chi connectivity index (χ1n) is 9.58. The smallest absolute Gasteiger partial charge is 0.244 e. The quantitative estimate of drug-likeness (QED) is 0.423. The summed E-state index contributed by atoms with van der Waals surface area (Å²) < 4.78 is 0. The minimum atomic E-state index is -0.753. The van der Waals surface area contributed by atoms with Gasteiger partial charge in [-0.05, 0) is 28.2 Å². The van der Waals surface area contributed by atoms with Crippen molar-refractivity contribution in [2.75, 3.05) is 7.05 Å². The Balaban J connectivity index is 2.26. The topological polar surface area (TPSA) is 108 Å². The van der Waals surface area contributed by atoms with Crippen LogP contribution in [-0.4, -0.2) is 36.0 Å². The first kappa shape index (κ1) is 22.4. The van der Waals surface area contributed by atoms with Crippen molar-refractivity contribution >= 4 is 28.5 Å². The first-order chi connectivity index (χ1) is 13.7. The van der Waals surface area contributed by atoms with Gasteiger partial charge in [0, 0.05) is 13.5 Å². The summed E-state index contributed by atoms with van der Waals surface area (Å²) in [5.41, 5.74) is 1.96. The Morgan fingerprint density at radius 2 is 1.66 bits per heavy atom. The third-order valence-electron chi connectivity index (χ3n) is 4.88. The number of carbonyl (C=O) groups excluding carboxylic acids is 3. The standard InChI is InChI=1S/C22H29N3O4/c1-22(2,3)19(21(28)23-4)24-20(27)17(13-18(26)25-29)12-14-9-10-15-7-5-6-8-16(15)11-14/h5-11,17,19,29H,12-13H2,1-4H3,(H,23,28)(H,24,27)(H,25,26). The lowest BCUT2D eigenvalue weighted by Crippen LogP contribution is -2.54. The third kappa shape index (κ3) is 6.02. The SMILES string of the molecule is CNC(=O)C(NC(=O)C(CC(=O)NO)Cc1ccc2ccccc2c1)C(C)(C)C. The average molecular weight is 399 g/mol. The van der Waals surface area contributed by atoms with E-state index in [1.807, 2.05) is 63.2 Å². The first-order valence-corrected chi connectivity index (χ1v) is 9.58. The molecule has 0 bridgehead atoms. The average Bonchev–Trinajstić information content (AvgIpc) is 2.69. The van der Waals surface area contributed by atoms with Crippen LogP contribution in [0.1, 0.15) is 32.8 Å². The number of carbonyl (C=O) groups is 3. The van der Waals surface area contributed by atoms with Crippen molar-refractivity contribution in [1.29, 1.82) is 0 Å². The molecule has 0 saturated heterocycles. The molecule has 0 aliphatic carbocycles. The highest BCUT2D eigenvalue weighted by atomic mass is 16.5. The lowest BCUT2D eigenvalue weighted by Gasteiger charge is -2.31. The molecule has 0 aliphatic heterocycles. The number of amides is 3. The van der Waals surface area contributed by atoms with Crippen LogP contribution in [0.2, 0.25) is 0 Å². The van der Waals surface area contributed by atoms with Crippen molar-refractivity contribution < 1.29 is 19.6 Å². The van der Waals surface area contributed by atoms with Gasteiger partial charge < -0.3 is 10.6 Å².